The van der Waals surface area contributed by atoms with E-state index >= 15 is 0 Å². The molecule has 4 unspecified atom stereocenters. The van der Waals surface area contributed by atoms with Crippen molar-refractivity contribution in [2.45, 2.75) is 90.4 Å². The summed E-state index contributed by atoms with van der Waals surface area (Å²) in [4.78, 5) is 4.58. The highest BCUT2D eigenvalue weighted by Crippen LogP contribution is 2.31. The van der Waals surface area contributed by atoms with Gasteiger partial charge in [-0.05, 0) is 63.6 Å². The van der Waals surface area contributed by atoms with Gasteiger partial charge in [-0.15, -0.1) is 17.1 Å². The molecule has 0 aromatic heterocycles. The summed E-state index contributed by atoms with van der Waals surface area (Å²) in [5, 5.41) is 32.7. The van der Waals surface area contributed by atoms with Gasteiger partial charge >= 0.3 is 0 Å². The van der Waals surface area contributed by atoms with Gasteiger partial charge in [0.2, 0.25) is 0 Å². The first-order chi connectivity index (χ1) is 18.4. The van der Waals surface area contributed by atoms with E-state index in [2.05, 4.69) is 42.4 Å². The molecule has 2 aliphatic heterocycles. The first kappa shape index (κ1) is 30.1. The number of ether oxygens (including phenoxy) is 2. The van der Waals surface area contributed by atoms with E-state index in [-0.39, 0.29) is 24.3 Å². The van der Waals surface area contributed by atoms with Crippen LogP contribution in [0.4, 0.5) is 0 Å². The normalized spacial score (nSPS) is 19.2. The van der Waals surface area contributed by atoms with Gasteiger partial charge in [-0.3, -0.25) is 0 Å². The first-order valence-corrected chi connectivity index (χ1v) is 14.2. The van der Waals surface area contributed by atoms with Crippen molar-refractivity contribution in [2.75, 3.05) is 19.8 Å². The molecular formula is C31H47N2O5+. The number of aryl methyl sites for hydroxylation is 1. The Balaban J connectivity index is 1.45. The Kier molecular flexibility index (Phi) is 12.5. The topological polar surface area (TPSA) is 107 Å². The Morgan fingerprint density at radius 3 is 2.84 bits per heavy atom. The number of aromatic hydroxyl groups is 1. The van der Waals surface area contributed by atoms with Gasteiger partial charge in [0.1, 0.15) is 30.9 Å². The molecule has 3 rings (SSSR count). The maximum absolute atomic E-state index is 10.3. The van der Waals surface area contributed by atoms with Crippen LogP contribution in [0, 0.1) is 17.9 Å². The third kappa shape index (κ3) is 9.70. The Bertz CT molecular complexity index is 929. The summed E-state index contributed by atoms with van der Waals surface area (Å²) in [6.45, 7) is 7.21. The van der Waals surface area contributed by atoms with Crippen molar-refractivity contribution < 1.29 is 24.8 Å². The fourth-order valence-corrected chi connectivity index (χ4v) is 4.82. The standard InChI is InChI=1S/C31H46N2O5/c1-4-5-7-27-12-13-28(38-27)11-9-24-10-14-30(36)31(18-24)37-17-15-26-19-25(21-32-26)23(3)29(8-6-16-34)33-20-22(2)35/h10,12-14,18-19,21-23,27,29,33-35,38H,4-9,11,15-17,20H2,1-3H3/p+1. The van der Waals surface area contributed by atoms with Crippen molar-refractivity contribution in [1.29, 1.82) is 0 Å². The number of hydrogen-bond donors (Lipinski definition) is 4. The molecule has 0 aliphatic carbocycles. The Morgan fingerprint density at radius 1 is 1.24 bits per heavy atom. The van der Waals surface area contributed by atoms with E-state index in [1.165, 1.54) is 12.8 Å². The largest absolute Gasteiger partial charge is 0.504 e. The van der Waals surface area contributed by atoms with Crippen molar-refractivity contribution in [2.24, 2.45) is 10.9 Å². The molecule has 0 saturated carbocycles. The summed E-state index contributed by atoms with van der Waals surface area (Å²) in [5.41, 5.74) is 2.06. The highest BCUT2D eigenvalue weighted by molar-refractivity contribution is 5.83. The molecule has 4 atom stereocenters. The van der Waals surface area contributed by atoms with Crippen LogP contribution in [0.3, 0.4) is 0 Å². The minimum Gasteiger partial charge on any atom is -0.504 e. The molecule has 7 heteroatoms. The molecule has 38 heavy (non-hydrogen) atoms. The zero-order valence-electron chi connectivity index (χ0n) is 23.3. The van der Waals surface area contributed by atoms with Crippen molar-refractivity contribution in [3.05, 3.63) is 59.7 Å². The lowest BCUT2D eigenvalue weighted by molar-refractivity contribution is -0.0480. The Labute approximate surface area is 228 Å². The number of phenols is 1. The molecule has 0 spiro atoms. The Morgan fingerprint density at radius 2 is 2.08 bits per heavy atom. The van der Waals surface area contributed by atoms with Crippen LogP contribution in [-0.2, 0) is 6.42 Å². The summed E-state index contributed by atoms with van der Waals surface area (Å²) in [5.74, 6) is 1.97. The minimum atomic E-state index is -0.421. The molecule has 0 saturated heterocycles. The first-order valence-electron chi connectivity index (χ1n) is 14.2. The van der Waals surface area contributed by atoms with Crippen molar-refractivity contribution in [3.8, 4) is 11.5 Å². The monoisotopic (exact) mass is 527 g/mol. The Hall–Kier alpha value is -2.45. The summed E-state index contributed by atoms with van der Waals surface area (Å²) in [6, 6.07) is 5.72. The fourth-order valence-electron chi connectivity index (χ4n) is 4.82. The zero-order valence-corrected chi connectivity index (χ0v) is 23.3. The molecule has 2 heterocycles. The molecule has 0 fully saturated rings. The summed E-state index contributed by atoms with van der Waals surface area (Å²) < 4.78 is 10.8. The van der Waals surface area contributed by atoms with Crippen LogP contribution in [0.15, 0.2) is 47.1 Å². The molecule has 2 aliphatic rings. The van der Waals surface area contributed by atoms with Crippen LogP contribution < -0.4 is 10.1 Å². The van der Waals surface area contributed by atoms with Crippen molar-refractivity contribution in [1.82, 2.24) is 5.32 Å². The van der Waals surface area contributed by atoms with Crippen LogP contribution in [0.1, 0.15) is 71.3 Å². The van der Waals surface area contributed by atoms with Crippen LogP contribution in [0.25, 0.3) is 0 Å². The van der Waals surface area contributed by atoms with Gasteiger partial charge in [0.15, 0.2) is 17.2 Å². The molecule has 5 N–H and O–H groups in total. The van der Waals surface area contributed by atoms with E-state index in [4.69, 9.17) is 9.47 Å². The average molecular weight is 528 g/mol. The molecule has 1 aromatic rings. The molecule has 0 bridgehead atoms. The second kappa shape index (κ2) is 15.8. The predicted octanol–water partition coefficient (Wildman–Crippen LogP) is 4.57. The number of phenolic OH excluding ortho intramolecular Hbond substituents is 1. The number of allylic oxidation sites excluding steroid dienone is 1. The van der Waals surface area contributed by atoms with Gasteiger partial charge in [-0.25, -0.2) is 0 Å². The number of aliphatic imine (C=N–C) groups is 1. The number of unbranched alkanes of at least 4 members (excludes halogenated alkanes) is 1. The number of hydrogen-bond acceptors (Lipinski definition) is 6. The molecule has 1 aromatic carbocycles. The third-order valence-corrected chi connectivity index (χ3v) is 7.20. The number of nitrogens with zero attached hydrogens (tertiary/aromatic N) is 1. The quantitative estimate of drug-likeness (QED) is 0.165. The van der Waals surface area contributed by atoms with E-state index in [1.54, 1.807) is 13.0 Å². The highest BCUT2D eigenvalue weighted by Gasteiger charge is 2.33. The number of nitrogens with one attached hydrogen (secondary N) is 1. The highest BCUT2D eigenvalue weighted by atomic mass is 16.5. The SMILES string of the molecule is CCCCC1C=C[C-](CCc2ccc(O)c(OCCC3=C[C+](C(C)C(CCCO)NCC(C)O)C=N3)c2)[OH+]1. The minimum absolute atomic E-state index is 0.146. The lowest BCUT2D eigenvalue weighted by atomic mass is 9.86. The maximum Gasteiger partial charge on any atom is 0.178 e. The zero-order chi connectivity index (χ0) is 27.3. The van der Waals surface area contributed by atoms with Gasteiger partial charge in [0.25, 0.3) is 0 Å². The number of aliphatic hydroxyl groups is 4. The van der Waals surface area contributed by atoms with Crippen molar-refractivity contribution >= 4 is 6.21 Å². The second-order valence-electron chi connectivity index (χ2n) is 10.5. The summed E-state index contributed by atoms with van der Waals surface area (Å²) in [7, 11) is 0. The summed E-state index contributed by atoms with van der Waals surface area (Å²) >= 11 is 0. The van der Waals surface area contributed by atoms with Gasteiger partial charge in [-0.1, -0.05) is 19.4 Å². The van der Waals surface area contributed by atoms with E-state index in [9.17, 15) is 15.3 Å². The van der Waals surface area contributed by atoms with Crippen molar-refractivity contribution in [3.63, 3.8) is 0 Å². The van der Waals surface area contributed by atoms with Crippen LogP contribution in [-0.4, -0.2) is 64.3 Å². The van der Waals surface area contributed by atoms with Gasteiger partial charge in [-0.2, -0.15) is 0 Å². The average Bonchev–Trinajstić information content (AvgIpc) is 3.57. The lowest BCUT2D eigenvalue weighted by Gasteiger charge is -2.24. The van der Waals surface area contributed by atoms with Crippen LogP contribution in [0.2, 0.25) is 0 Å². The number of benzene rings is 1. The number of aliphatic hydroxyl groups excluding tert-OH is 2. The van der Waals surface area contributed by atoms with E-state index < -0.39 is 6.10 Å². The molecule has 7 nitrogen and oxygen atoms in total. The smallest absolute Gasteiger partial charge is 0.178 e. The van der Waals surface area contributed by atoms with Crippen LogP contribution in [0.5, 0.6) is 11.5 Å². The number of rotatable bonds is 18. The predicted molar refractivity (Wildman–Crippen MR) is 153 cm³/mol. The third-order valence-electron chi connectivity index (χ3n) is 7.20. The molecular weight excluding hydrogens is 480 g/mol. The lowest BCUT2D eigenvalue weighted by Crippen LogP contribution is -2.41. The van der Waals surface area contributed by atoms with Gasteiger partial charge in [0.05, 0.1) is 24.5 Å². The van der Waals surface area contributed by atoms with Gasteiger partial charge < -0.3 is 30.1 Å². The van der Waals surface area contributed by atoms with Gasteiger partial charge in [0, 0.05) is 25.6 Å². The van der Waals surface area contributed by atoms with E-state index in [1.807, 2.05) is 18.3 Å². The van der Waals surface area contributed by atoms with E-state index in [0.29, 0.717) is 37.8 Å². The molecule has 0 amide bonds. The van der Waals surface area contributed by atoms with Crippen LogP contribution >= 0.6 is 0 Å². The maximum atomic E-state index is 10.3. The fraction of sp³-hybridized carbons (Fsp3) is 0.581. The summed E-state index contributed by atoms with van der Waals surface area (Å²) in [6.07, 6.45) is 16.9. The second-order valence-corrected chi connectivity index (χ2v) is 10.5. The van der Waals surface area contributed by atoms with E-state index in [0.717, 1.165) is 49.0 Å². The molecule has 210 valence electrons. The molecule has 0 radical (unpaired) electrons.